The second-order valence-corrected chi connectivity index (χ2v) is 5.73. The minimum Gasteiger partial charge on any atom is -0.212 e. The highest BCUT2D eigenvalue weighted by Crippen LogP contribution is 2.22. The smallest absolute Gasteiger partial charge is 0.212 e. The molecule has 0 aromatic heterocycles. The summed E-state index contributed by atoms with van der Waals surface area (Å²) < 4.78 is 59.6. The number of halogens is 3. The van der Waals surface area contributed by atoms with E-state index in [0.717, 1.165) is 12.8 Å². The number of nitrogens with zero attached hydrogens (tertiary/aromatic N) is 1. The molecule has 0 radical (unpaired) electrons. The van der Waals surface area contributed by atoms with Gasteiger partial charge in [-0.3, -0.25) is 0 Å². The van der Waals surface area contributed by atoms with Gasteiger partial charge in [0.15, 0.2) is 0 Å². The van der Waals surface area contributed by atoms with Crippen LogP contribution in [0.3, 0.4) is 0 Å². The van der Waals surface area contributed by atoms with Gasteiger partial charge in [-0.05, 0) is 19.3 Å². The molecule has 0 atom stereocenters. The molecule has 0 aromatic carbocycles. The van der Waals surface area contributed by atoms with Crippen LogP contribution in [0.15, 0.2) is 0 Å². The van der Waals surface area contributed by atoms with Crippen molar-refractivity contribution in [3.05, 3.63) is 0 Å². The first-order valence-corrected chi connectivity index (χ1v) is 6.47. The lowest BCUT2D eigenvalue weighted by Gasteiger charge is -2.15. The molecule has 1 rings (SSSR count). The maximum Gasteiger partial charge on any atom is 0.389 e. The fraction of sp³-hybridized carbons (Fsp3) is 1.00. The third-order valence-corrected chi connectivity index (χ3v) is 4.28. The predicted octanol–water partition coefficient (Wildman–Crippen LogP) is 1.75. The molecule has 1 aliphatic heterocycles. The van der Waals surface area contributed by atoms with Crippen LogP contribution in [0.2, 0.25) is 0 Å². The molecule has 0 aromatic rings. The zero-order valence-electron chi connectivity index (χ0n) is 8.26. The third kappa shape index (κ3) is 4.38. The van der Waals surface area contributed by atoms with Gasteiger partial charge in [0, 0.05) is 19.5 Å². The van der Waals surface area contributed by atoms with Crippen LogP contribution in [-0.2, 0) is 10.0 Å². The summed E-state index contributed by atoms with van der Waals surface area (Å²) in [7, 11) is -3.45. The van der Waals surface area contributed by atoms with E-state index in [4.69, 9.17) is 0 Å². The lowest BCUT2D eigenvalue weighted by Crippen LogP contribution is -2.30. The van der Waals surface area contributed by atoms with Gasteiger partial charge in [-0.1, -0.05) is 0 Å². The average molecular weight is 245 g/mol. The van der Waals surface area contributed by atoms with Gasteiger partial charge in [0.2, 0.25) is 10.0 Å². The Bertz CT molecular complexity index is 293. The third-order valence-electron chi connectivity index (χ3n) is 2.32. The van der Waals surface area contributed by atoms with Gasteiger partial charge in [-0.15, -0.1) is 0 Å². The van der Waals surface area contributed by atoms with Crippen molar-refractivity contribution < 1.29 is 21.6 Å². The maximum atomic E-state index is 11.8. The van der Waals surface area contributed by atoms with Crippen LogP contribution < -0.4 is 0 Å². The van der Waals surface area contributed by atoms with Gasteiger partial charge < -0.3 is 0 Å². The van der Waals surface area contributed by atoms with Crippen molar-refractivity contribution in [2.45, 2.75) is 31.9 Å². The fourth-order valence-electron chi connectivity index (χ4n) is 1.55. The minimum atomic E-state index is -4.26. The highest BCUT2D eigenvalue weighted by Gasteiger charge is 2.30. The standard InChI is InChI=1S/C8H14F3NO2S/c9-8(10,11)4-3-7-15(13,14)12-5-1-2-6-12/h1-7H2. The van der Waals surface area contributed by atoms with Crippen LogP contribution in [0.25, 0.3) is 0 Å². The van der Waals surface area contributed by atoms with Gasteiger partial charge in [0.05, 0.1) is 5.75 Å². The van der Waals surface area contributed by atoms with Gasteiger partial charge in [-0.25, -0.2) is 12.7 Å². The largest absolute Gasteiger partial charge is 0.389 e. The molecule has 0 N–H and O–H groups in total. The van der Waals surface area contributed by atoms with Gasteiger partial charge >= 0.3 is 6.18 Å². The molecule has 1 fully saturated rings. The Labute approximate surface area is 87.3 Å². The first-order chi connectivity index (χ1) is 6.81. The summed E-state index contributed by atoms with van der Waals surface area (Å²) in [5.41, 5.74) is 0. The van der Waals surface area contributed by atoms with Crippen LogP contribution in [0.4, 0.5) is 13.2 Å². The Morgan fingerprint density at radius 3 is 2.13 bits per heavy atom. The zero-order chi connectivity index (χ0) is 11.5. The summed E-state index contributed by atoms with van der Waals surface area (Å²) in [6.07, 6.45) is -4.03. The fourth-order valence-corrected chi connectivity index (χ4v) is 3.13. The van der Waals surface area contributed by atoms with E-state index in [1.807, 2.05) is 0 Å². The molecule has 0 amide bonds. The topological polar surface area (TPSA) is 37.4 Å². The molecular formula is C8H14F3NO2S. The molecule has 0 spiro atoms. The quantitative estimate of drug-likeness (QED) is 0.756. The molecule has 1 aliphatic rings. The summed E-state index contributed by atoms with van der Waals surface area (Å²) >= 11 is 0. The molecule has 0 saturated carbocycles. The Balaban J connectivity index is 2.37. The Hall–Kier alpha value is -0.300. The molecule has 0 unspecified atom stereocenters. The first kappa shape index (κ1) is 12.8. The summed E-state index contributed by atoms with van der Waals surface area (Å²) in [6.45, 7) is 0.905. The maximum absolute atomic E-state index is 11.8. The molecule has 90 valence electrons. The van der Waals surface area contributed by atoms with E-state index in [9.17, 15) is 21.6 Å². The van der Waals surface area contributed by atoms with Crippen LogP contribution in [0, 0.1) is 0 Å². The van der Waals surface area contributed by atoms with Crippen molar-refractivity contribution in [1.82, 2.24) is 4.31 Å². The van der Waals surface area contributed by atoms with Crippen LogP contribution >= 0.6 is 0 Å². The number of rotatable bonds is 4. The molecule has 0 bridgehead atoms. The van der Waals surface area contributed by atoms with E-state index >= 15 is 0 Å². The minimum absolute atomic E-state index is 0.345. The number of sulfonamides is 1. The predicted molar refractivity (Wildman–Crippen MR) is 49.9 cm³/mol. The number of hydrogen-bond donors (Lipinski definition) is 0. The number of hydrogen-bond acceptors (Lipinski definition) is 2. The molecule has 15 heavy (non-hydrogen) atoms. The van der Waals surface area contributed by atoms with Gasteiger partial charge in [0.25, 0.3) is 0 Å². The Kier molecular flexibility index (Phi) is 3.99. The number of alkyl halides is 3. The van der Waals surface area contributed by atoms with E-state index in [-0.39, 0.29) is 6.42 Å². The average Bonchev–Trinajstić information content (AvgIpc) is 2.52. The van der Waals surface area contributed by atoms with Crippen molar-refractivity contribution in [3.8, 4) is 0 Å². The zero-order valence-corrected chi connectivity index (χ0v) is 9.07. The summed E-state index contributed by atoms with van der Waals surface area (Å²) in [4.78, 5) is 0. The van der Waals surface area contributed by atoms with Crippen molar-refractivity contribution in [1.29, 1.82) is 0 Å². The van der Waals surface area contributed by atoms with Crippen LogP contribution in [0.1, 0.15) is 25.7 Å². The van der Waals surface area contributed by atoms with Crippen molar-refractivity contribution >= 4 is 10.0 Å². The highest BCUT2D eigenvalue weighted by atomic mass is 32.2. The van der Waals surface area contributed by atoms with Gasteiger partial charge in [-0.2, -0.15) is 13.2 Å². The molecule has 1 saturated heterocycles. The second-order valence-electron chi connectivity index (χ2n) is 3.64. The van der Waals surface area contributed by atoms with Crippen molar-refractivity contribution in [2.75, 3.05) is 18.8 Å². The van der Waals surface area contributed by atoms with Crippen LogP contribution in [-0.4, -0.2) is 37.7 Å². The van der Waals surface area contributed by atoms with Gasteiger partial charge in [0.1, 0.15) is 0 Å². The lowest BCUT2D eigenvalue weighted by molar-refractivity contribution is -0.134. The Morgan fingerprint density at radius 1 is 1.13 bits per heavy atom. The normalized spacial score (nSPS) is 19.7. The van der Waals surface area contributed by atoms with Crippen molar-refractivity contribution in [2.24, 2.45) is 0 Å². The lowest BCUT2D eigenvalue weighted by atomic mass is 10.3. The summed E-state index contributed by atoms with van der Waals surface area (Å²) in [5, 5.41) is 0. The SMILES string of the molecule is O=S(=O)(CCCC(F)(F)F)N1CCCC1. The second kappa shape index (κ2) is 4.69. The monoisotopic (exact) mass is 245 g/mol. The molecular weight excluding hydrogens is 231 g/mol. The van der Waals surface area contributed by atoms with Crippen molar-refractivity contribution in [3.63, 3.8) is 0 Å². The Morgan fingerprint density at radius 2 is 1.67 bits per heavy atom. The molecule has 7 heteroatoms. The molecule has 1 heterocycles. The molecule has 0 aliphatic carbocycles. The first-order valence-electron chi connectivity index (χ1n) is 4.86. The van der Waals surface area contributed by atoms with Crippen LogP contribution in [0.5, 0.6) is 0 Å². The van der Waals surface area contributed by atoms with E-state index in [1.54, 1.807) is 0 Å². The summed E-state index contributed by atoms with van der Waals surface area (Å²) in [6, 6.07) is 0. The van der Waals surface area contributed by atoms with E-state index in [0.29, 0.717) is 13.1 Å². The highest BCUT2D eigenvalue weighted by molar-refractivity contribution is 7.89. The van der Waals surface area contributed by atoms with E-state index in [1.165, 1.54) is 4.31 Å². The van der Waals surface area contributed by atoms with E-state index < -0.39 is 28.4 Å². The summed E-state index contributed by atoms with van der Waals surface area (Å²) in [5.74, 6) is -0.396. The van der Waals surface area contributed by atoms with E-state index in [2.05, 4.69) is 0 Å². The molecule has 3 nitrogen and oxygen atoms in total.